The summed E-state index contributed by atoms with van der Waals surface area (Å²) in [6.07, 6.45) is 1.74. The molecule has 0 bridgehead atoms. The van der Waals surface area contributed by atoms with E-state index < -0.39 is 0 Å². The van der Waals surface area contributed by atoms with Crippen LogP contribution in [0.5, 0.6) is 0 Å². The van der Waals surface area contributed by atoms with E-state index in [1.807, 2.05) is 31.2 Å². The van der Waals surface area contributed by atoms with Crippen LogP contribution in [-0.4, -0.2) is 9.97 Å². The number of aryl methyl sites for hydroxylation is 1. The van der Waals surface area contributed by atoms with Gasteiger partial charge < -0.3 is 5.73 Å². The standard InChI is InChI=1S/C11H10IN3/c1-7-4-2-3-5-8(7)11-14-6-9(12)10(13)15-11/h2-6H,1H3,(H2,13,14,15). The lowest BCUT2D eigenvalue weighted by Gasteiger charge is -2.05. The lowest BCUT2D eigenvalue weighted by molar-refractivity contribution is 1.16. The molecule has 0 radical (unpaired) electrons. The Kier molecular flexibility index (Phi) is 2.86. The largest absolute Gasteiger partial charge is 0.383 e. The highest BCUT2D eigenvalue weighted by atomic mass is 127. The second-order valence-corrected chi connectivity index (χ2v) is 4.40. The van der Waals surface area contributed by atoms with Gasteiger partial charge in [-0.1, -0.05) is 24.3 Å². The van der Waals surface area contributed by atoms with E-state index >= 15 is 0 Å². The SMILES string of the molecule is Cc1ccccc1-c1ncc(I)c(N)n1. The van der Waals surface area contributed by atoms with Gasteiger partial charge in [-0.3, -0.25) is 0 Å². The third kappa shape index (κ3) is 2.09. The second-order valence-electron chi connectivity index (χ2n) is 3.24. The molecule has 2 rings (SSSR count). The van der Waals surface area contributed by atoms with E-state index in [9.17, 15) is 0 Å². The number of anilines is 1. The van der Waals surface area contributed by atoms with Crippen molar-refractivity contribution in [3.05, 3.63) is 39.6 Å². The van der Waals surface area contributed by atoms with Gasteiger partial charge in [0.05, 0.1) is 3.57 Å². The minimum atomic E-state index is 0.531. The maximum atomic E-state index is 5.75. The second kappa shape index (κ2) is 4.14. The van der Waals surface area contributed by atoms with Crippen molar-refractivity contribution in [3.63, 3.8) is 0 Å². The molecule has 0 unspecified atom stereocenters. The van der Waals surface area contributed by atoms with Crippen molar-refractivity contribution < 1.29 is 0 Å². The molecular formula is C11H10IN3. The molecule has 0 aliphatic carbocycles. The lowest BCUT2D eigenvalue weighted by Crippen LogP contribution is -1.99. The minimum absolute atomic E-state index is 0.531. The molecule has 0 saturated heterocycles. The van der Waals surface area contributed by atoms with Gasteiger partial charge in [0, 0.05) is 11.8 Å². The highest BCUT2D eigenvalue weighted by molar-refractivity contribution is 14.1. The quantitative estimate of drug-likeness (QED) is 0.824. The molecule has 76 valence electrons. The number of aromatic nitrogens is 2. The van der Waals surface area contributed by atoms with Gasteiger partial charge in [0.25, 0.3) is 0 Å². The van der Waals surface area contributed by atoms with E-state index in [0.717, 1.165) is 14.7 Å². The maximum Gasteiger partial charge on any atom is 0.161 e. The predicted molar refractivity (Wildman–Crippen MR) is 69.3 cm³/mol. The van der Waals surface area contributed by atoms with Gasteiger partial charge in [-0.2, -0.15) is 0 Å². The molecule has 0 aliphatic heterocycles. The summed E-state index contributed by atoms with van der Waals surface area (Å²) in [5, 5.41) is 0. The molecule has 1 aromatic carbocycles. The highest BCUT2D eigenvalue weighted by Crippen LogP contribution is 2.21. The van der Waals surface area contributed by atoms with Crippen LogP contribution in [0.3, 0.4) is 0 Å². The van der Waals surface area contributed by atoms with Crippen LogP contribution in [0.2, 0.25) is 0 Å². The Labute approximate surface area is 102 Å². The van der Waals surface area contributed by atoms with E-state index in [1.54, 1.807) is 6.20 Å². The molecule has 1 heterocycles. The van der Waals surface area contributed by atoms with Gasteiger partial charge in [0.2, 0.25) is 0 Å². The van der Waals surface area contributed by atoms with Gasteiger partial charge in [0.1, 0.15) is 5.82 Å². The molecule has 3 nitrogen and oxygen atoms in total. The molecule has 2 aromatic rings. The number of nitrogens with two attached hydrogens (primary N) is 1. The van der Waals surface area contributed by atoms with Crippen LogP contribution in [0.15, 0.2) is 30.5 Å². The van der Waals surface area contributed by atoms with Crippen LogP contribution in [0, 0.1) is 10.5 Å². The Morgan fingerprint density at radius 2 is 2.00 bits per heavy atom. The topological polar surface area (TPSA) is 51.8 Å². The Morgan fingerprint density at radius 1 is 1.27 bits per heavy atom. The maximum absolute atomic E-state index is 5.75. The predicted octanol–water partition coefficient (Wildman–Crippen LogP) is 2.64. The van der Waals surface area contributed by atoms with Gasteiger partial charge in [-0.05, 0) is 35.1 Å². The molecule has 15 heavy (non-hydrogen) atoms. The van der Waals surface area contributed by atoms with E-state index in [1.165, 1.54) is 0 Å². The smallest absolute Gasteiger partial charge is 0.161 e. The van der Waals surface area contributed by atoms with Gasteiger partial charge >= 0.3 is 0 Å². The first kappa shape index (κ1) is 10.4. The molecule has 0 saturated carbocycles. The van der Waals surface area contributed by atoms with Crippen LogP contribution in [0.4, 0.5) is 5.82 Å². The summed E-state index contributed by atoms with van der Waals surface area (Å²) >= 11 is 2.12. The first-order valence-corrected chi connectivity index (χ1v) is 5.60. The van der Waals surface area contributed by atoms with E-state index in [0.29, 0.717) is 11.6 Å². The fourth-order valence-electron chi connectivity index (χ4n) is 1.33. The Morgan fingerprint density at radius 3 is 2.67 bits per heavy atom. The van der Waals surface area contributed by atoms with Crippen molar-refractivity contribution in [1.82, 2.24) is 9.97 Å². The Balaban J connectivity index is 2.55. The first-order valence-electron chi connectivity index (χ1n) is 4.52. The fourth-order valence-corrected chi connectivity index (χ4v) is 1.59. The Bertz CT molecular complexity index is 497. The summed E-state index contributed by atoms with van der Waals surface area (Å²) in [7, 11) is 0. The fraction of sp³-hybridized carbons (Fsp3) is 0.0909. The summed E-state index contributed by atoms with van der Waals surface area (Å²) in [4.78, 5) is 8.53. The normalized spacial score (nSPS) is 10.3. The number of hydrogen-bond donors (Lipinski definition) is 1. The Hall–Kier alpha value is -1.17. The number of halogens is 1. The summed E-state index contributed by atoms with van der Waals surface area (Å²) in [5.41, 5.74) is 7.93. The molecule has 0 spiro atoms. The zero-order valence-electron chi connectivity index (χ0n) is 8.24. The summed E-state index contributed by atoms with van der Waals surface area (Å²) in [6.45, 7) is 2.03. The molecule has 1 aromatic heterocycles. The van der Waals surface area contributed by atoms with Crippen LogP contribution in [0.1, 0.15) is 5.56 Å². The molecule has 0 fully saturated rings. The van der Waals surface area contributed by atoms with Crippen molar-refractivity contribution in [3.8, 4) is 11.4 Å². The minimum Gasteiger partial charge on any atom is -0.383 e. The molecular weight excluding hydrogens is 301 g/mol. The lowest BCUT2D eigenvalue weighted by atomic mass is 10.1. The molecule has 2 N–H and O–H groups in total. The van der Waals surface area contributed by atoms with Crippen LogP contribution < -0.4 is 5.73 Å². The summed E-state index contributed by atoms with van der Waals surface area (Å²) in [5.74, 6) is 1.22. The summed E-state index contributed by atoms with van der Waals surface area (Å²) in [6, 6.07) is 8.00. The number of nitrogen functional groups attached to an aromatic ring is 1. The van der Waals surface area contributed by atoms with Crippen LogP contribution in [0.25, 0.3) is 11.4 Å². The van der Waals surface area contributed by atoms with Crippen molar-refractivity contribution in [2.45, 2.75) is 6.92 Å². The number of rotatable bonds is 1. The molecule has 0 atom stereocenters. The average Bonchev–Trinajstić information content (AvgIpc) is 2.23. The monoisotopic (exact) mass is 311 g/mol. The van der Waals surface area contributed by atoms with Gasteiger partial charge in [-0.25, -0.2) is 9.97 Å². The van der Waals surface area contributed by atoms with Crippen molar-refractivity contribution in [2.24, 2.45) is 0 Å². The van der Waals surface area contributed by atoms with Gasteiger partial charge in [-0.15, -0.1) is 0 Å². The average molecular weight is 311 g/mol. The van der Waals surface area contributed by atoms with E-state index in [-0.39, 0.29) is 0 Å². The zero-order chi connectivity index (χ0) is 10.8. The third-order valence-corrected chi connectivity index (χ3v) is 2.99. The highest BCUT2D eigenvalue weighted by Gasteiger charge is 2.05. The van der Waals surface area contributed by atoms with Gasteiger partial charge in [0.15, 0.2) is 5.82 Å². The number of nitrogens with zero attached hydrogens (tertiary/aromatic N) is 2. The summed E-state index contributed by atoms with van der Waals surface area (Å²) < 4.78 is 0.880. The van der Waals surface area contributed by atoms with Crippen molar-refractivity contribution >= 4 is 28.4 Å². The molecule has 0 aliphatic rings. The van der Waals surface area contributed by atoms with Crippen LogP contribution >= 0.6 is 22.6 Å². The number of benzene rings is 1. The first-order chi connectivity index (χ1) is 7.18. The third-order valence-electron chi connectivity index (χ3n) is 2.16. The van der Waals surface area contributed by atoms with E-state index in [2.05, 4.69) is 32.6 Å². The number of hydrogen-bond acceptors (Lipinski definition) is 3. The van der Waals surface area contributed by atoms with E-state index in [4.69, 9.17) is 5.73 Å². The van der Waals surface area contributed by atoms with Crippen molar-refractivity contribution in [2.75, 3.05) is 5.73 Å². The van der Waals surface area contributed by atoms with Crippen molar-refractivity contribution in [1.29, 1.82) is 0 Å². The molecule has 4 heteroatoms. The zero-order valence-corrected chi connectivity index (χ0v) is 10.4. The molecule has 0 amide bonds. The van der Waals surface area contributed by atoms with Crippen LogP contribution in [-0.2, 0) is 0 Å².